The summed E-state index contributed by atoms with van der Waals surface area (Å²) in [4.78, 5) is 10.5. The van der Waals surface area contributed by atoms with Crippen LogP contribution in [0.4, 0.5) is 17.1 Å². The SMILES string of the molecule is CC(C)(O)C(C)(C)Nc1cccc(N)c1[N+](=O)[O-]. The highest BCUT2D eigenvalue weighted by Crippen LogP contribution is 2.34. The number of rotatable bonds is 4. The number of para-hydroxylation sites is 1. The van der Waals surface area contributed by atoms with Crippen molar-refractivity contribution in [3.63, 3.8) is 0 Å². The van der Waals surface area contributed by atoms with Crippen LogP contribution in [0, 0.1) is 10.1 Å². The van der Waals surface area contributed by atoms with Crippen molar-refractivity contribution in [2.24, 2.45) is 0 Å². The van der Waals surface area contributed by atoms with E-state index < -0.39 is 16.1 Å². The zero-order valence-electron chi connectivity index (χ0n) is 11.0. The minimum Gasteiger partial charge on any atom is -0.393 e. The molecule has 0 spiro atoms. The number of nitrogens with one attached hydrogen (secondary N) is 1. The molecule has 0 aliphatic rings. The van der Waals surface area contributed by atoms with Crippen LogP contribution in [0.1, 0.15) is 27.7 Å². The first kappa shape index (κ1) is 14.2. The zero-order valence-corrected chi connectivity index (χ0v) is 11.0. The fourth-order valence-electron chi connectivity index (χ4n) is 1.36. The van der Waals surface area contributed by atoms with Crippen molar-refractivity contribution in [2.75, 3.05) is 11.1 Å². The highest BCUT2D eigenvalue weighted by molar-refractivity contribution is 5.75. The Hall–Kier alpha value is -1.82. The van der Waals surface area contributed by atoms with Gasteiger partial charge in [-0.3, -0.25) is 10.1 Å². The summed E-state index contributed by atoms with van der Waals surface area (Å²) >= 11 is 0. The van der Waals surface area contributed by atoms with Gasteiger partial charge in [-0.05, 0) is 39.8 Å². The first-order valence-electron chi connectivity index (χ1n) is 5.60. The van der Waals surface area contributed by atoms with Crippen LogP contribution >= 0.6 is 0 Å². The molecule has 0 aromatic heterocycles. The van der Waals surface area contributed by atoms with Gasteiger partial charge in [0.15, 0.2) is 0 Å². The van der Waals surface area contributed by atoms with Crippen molar-refractivity contribution >= 4 is 17.1 Å². The average molecular weight is 253 g/mol. The summed E-state index contributed by atoms with van der Waals surface area (Å²) in [5, 5.41) is 24.0. The summed E-state index contributed by atoms with van der Waals surface area (Å²) in [6.45, 7) is 6.80. The van der Waals surface area contributed by atoms with E-state index in [1.54, 1.807) is 39.8 Å². The molecule has 0 atom stereocenters. The van der Waals surface area contributed by atoms with Gasteiger partial charge in [-0.1, -0.05) is 6.07 Å². The van der Waals surface area contributed by atoms with Crippen molar-refractivity contribution < 1.29 is 10.0 Å². The summed E-state index contributed by atoms with van der Waals surface area (Å²) < 4.78 is 0. The number of benzene rings is 1. The van der Waals surface area contributed by atoms with Gasteiger partial charge in [0, 0.05) is 0 Å². The molecule has 0 aliphatic heterocycles. The van der Waals surface area contributed by atoms with E-state index in [1.165, 1.54) is 6.07 Å². The van der Waals surface area contributed by atoms with Crippen LogP contribution in [0.15, 0.2) is 18.2 Å². The van der Waals surface area contributed by atoms with Gasteiger partial charge in [-0.25, -0.2) is 0 Å². The van der Waals surface area contributed by atoms with Crippen molar-refractivity contribution in [3.8, 4) is 0 Å². The molecule has 0 bridgehead atoms. The molecule has 0 saturated heterocycles. The average Bonchev–Trinajstić information content (AvgIpc) is 2.14. The van der Waals surface area contributed by atoms with Gasteiger partial charge >= 0.3 is 5.69 Å². The van der Waals surface area contributed by atoms with Gasteiger partial charge in [0.2, 0.25) is 0 Å². The highest BCUT2D eigenvalue weighted by Gasteiger charge is 2.36. The Kier molecular flexibility index (Phi) is 3.52. The molecule has 0 radical (unpaired) electrons. The Morgan fingerprint density at radius 3 is 2.33 bits per heavy atom. The minimum absolute atomic E-state index is 0.0940. The summed E-state index contributed by atoms with van der Waals surface area (Å²) in [7, 11) is 0. The fraction of sp³-hybridized carbons (Fsp3) is 0.500. The lowest BCUT2D eigenvalue weighted by Crippen LogP contribution is -2.51. The van der Waals surface area contributed by atoms with Crippen molar-refractivity contribution in [1.29, 1.82) is 0 Å². The van der Waals surface area contributed by atoms with Crippen LogP contribution in [0.3, 0.4) is 0 Å². The largest absolute Gasteiger partial charge is 0.393 e. The number of aliphatic hydroxyl groups is 1. The lowest BCUT2D eigenvalue weighted by Gasteiger charge is -2.38. The summed E-state index contributed by atoms with van der Waals surface area (Å²) in [5.41, 5.74) is 4.03. The lowest BCUT2D eigenvalue weighted by molar-refractivity contribution is -0.383. The van der Waals surface area contributed by atoms with Crippen LogP contribution in [0.25, 0.3) is 0 Å². The molecule has 1 aromatic rings. The van der Waals surface area contributed by atoms with E-state index >= 15 is 0 Å². The third-order valence-corrected chi connectivity index (χ3v) is 3.23. The smallest absolute Gasteiger partial charge is 0.314 e. The molecule has 4 N–H and O–H groups in total. The number of anilines is 2. The Labute approximate surface area is 106 Å². The van der Waals surface area contributed by atoms with Gasteiger partial charge in [-0.2, -0.15) is 0 Å². The number of nitrogens with two attached hydrogens (primary N) is 1. The van der Waals surface area contributed by atoms with Crippen LogP contribution in [-0.2, 0) is 0 Å². The van der Waals surface area contributed by atoms with E-state index in [2.05, 4.69) is 5.32 Å². The number of hydrogen-bond donors (Lipinski definition) is 3. The van der Waals surface area contributed by atoms with Crippen LogP contribution < -0.4 is 11.1 Å². The van der Waals surface area contributed by atoms with Crippen LogP contribution in [0.5, 0.6) is 0 Å². The molecular weight excluding hydrogens is 234 g/mol. The van der Waals surface area contributed by atoms with Gasteiger partial charge < -0.3 is 16.2 Å². The summed E-state index contributed by atoms with van der Waals surface area (Å²) in [6, 6.07) is 4.67. The Bertz CT molecular complexity index is 464. The maximum absolute atomic E-state index is 11.0. The van der Waals surface area contributed by atoms with Gasteiger partial charge in [0.25, 0.3) is 0 Å². The molecule has 0 saturated carbocycles. The number of nitro benzene ring substituents is 1. The third kappa shape index (κ3) is 2.70. The first-order valence-corrected chi connectivity index (χ1v) is 5.60. The van der Waals surface area contributed by atoms with E-state index in [4.69, 9.17) is 5.73 Å². The van der Waals surface area contributed by atoms with Gasteiger partial charge in [0.05, 0.1) is 16.1 Å². The predicted octanol–water partition coefficient (Wildman–Crippen LogP) is 2.14. The number of nitrogen functional groups attached to an aromatic ring is 1. The maximum Gasteiger partial charge on any atom is 0.314 e. The van der Waals surface area contributed by atoms with E-state index in [1.807, 2.05) is 0 Å². The number of nitro groups is 1. The van der Waals surface area contributed by atoms with Crippen molar-refractivity contribution in [1.82, 2.24) is 0 Å². The predicted molar refractivity (Wildman–Crippen MR) is 71.5 cm³/mol. The molecule has 0 amide bonds. The van der Waals surface area contributed by atoms with Gasteiger partial charge in [-0.15, -0.1) is 0 Å². The number of nitrogens with zero attached hydrogens (tertiary/aromatic N) is 1. The molecule has 100 valence electrons. The first-order chi connectivity index (χ1) is 8.06. The Morgan fingerprint density at radius 1 is 1.33 bits per heavy atom. The molecule has 0 aliphatic carbocycles. The zero-order chi connectivity index (χ0) is 14.1. The lowest BCUT2D eigenvalue weighted by atomic mass is 9.85. The number of hydrogen-bond acceptors (Lipinski definition) is 5. The van der Waals surface area contributed by atoms with E-state index in [0.717, 1.165) is 0 Å². The Morgan fingerprint density at radius 2 is 1.89 bits per heavy atom. The molecule has 1 aromatic carbocycles. The molecule has 1 rings (SSSR count). The maximum atomic E-state index is 11.0. The molecule has 6 heteroatoms. The third-order valence-electron chi connectivity index (χ3n) is 3.23. The van der Waals surface area contributed by atoms with E-state index in [0.29, 0.717) is 5.69 Å². The summed E-state index contributed by atoms with van der Waals surface area (Å²) in [6.07, 6.45) is 0. The van der Waals surface area contributed by atoms with Crippen molar-refractivity contribution in [3.05, 3.63) is 28.3 Å². The molecular formula is C12H19N3O3. The quantitative estimate of drug-likeness (QED) is 0.433. The van der Waals surface area contributed by atoms with Crippen LogP contribution in [0.2, 0.25) is 0 Å². The summed E-state index contributed by atoms with van der Waals surface area (Å²) in [5.74, 6) is 0. The Balaban J connectivity index is 3.21. The fourth-order valence-corrected chi connectivity index (χ4v) is 1.36. The monoisotopic (exact) mass is 253 g/mol. The molecule has 18 heavy (non-hydrogen) atoms. The van der Waals surface area contributed by atoms with Gasteiger partial charge in [0.1, 0.15) is 11.4 Å². The standard InChI is InChI=1S/C12H19N3O3/c1-11(2,12(3,4)16)14-9-7-5-6-8(13)10(9)15(17)18/h5-7,14,16H,13H2,1-4H3. The second kappa shape index (κ2) is 4.45. The normalized spacial score (nSPS) is 12.3. The highest BCUT2D eigenvalue weighted by atomic mass is 16.6. The van der Waals surface area contributed by atoms with Crippen LogP contribution in [-0.4, -0.2) is 21.2 Å². The second-order valence-electron chi connectivity index (χ2n) is 5.31. The molecule has 0 fully saturated rings. The molecule has 0 unspecified atom stereocenters. The molecule has 6 nitrogen and oxygen atoms in total. The topological polar surface area (TPSA) is 101 Å². The van der Waals surface area contributed by atoms with Crippen molar-refractivity contribution in [2.45, 2.75) is 38.8 Å². The van der Waals surface area contributed by atoms with E-state index in [-0.39, 0.29) is 11.4 Å². The molecule has 0 heterocycles. The minimum atomic E-state index is -1.05. The van der Waals surface area contributed by atoms with E-state index in [9.17, 15) is 15.2 Å². The second-order valence-corrected chi connectivity index (χ2v) is 5.31.